The van der Waals surface area contributed by atoms with E-state index in [0.717, 1.165) is 36.3 Å². The molecular formula is C19H20Cl2FN3. The van der Waals surface area contributed by atoms with E-state index in [2.05, 4.69) is 16.3 Å². The molecule has 0 aliphatic carbocycles. The van der Waals surface area contributed by atoms with Crippen LogP contribution in [0.1, 0.15) is 23.1 Å². The lowest BCUT2D eigenvalue weighted by molar-refractivity contribution is 0.611. The number of hydrogen-bond acceptors (Lipinski definition) is 3. The Balaban J connectivity index is 0.00000225. The van der Waals surface area contributed by atoms with Gasteiger partial charge in [-0.1, -0.05) is 17.7 Å². The summed E-state index contributed by atoms with van der Waals surface area (Å²) in [5.74, 6) is -0.224. The van der Waals surface area contributed by atoms with Crippen LogP contribution in [0.2, 0.25) is 5.02 Å². The van der Waals surface area contributed by atoms with Crippen molar-refractivity contribution in [2.45, 2.75) is 25.9 Å². The lowest BCUT2D eigenvalue weighted by Gasteiger charge is -2.31. The van der Waals surface area contributed by atoms with Gasteiger partial charge in [0.05, 0.1) is 10.6 Å². The fraction of sp³-hybridized carbons (Fsp3) is 0.316. The zero-order chi connectivity index (χ0) is 17.1. The number of nitrogens with one attached hydrogen (secondary N) is 1. The molecule has 3 rings (SSSR count). The quantitative estimate of drug-likeness (QED) is 0.852. The Morgan fingerprint density at radius 2 is 2.12 bits per heavy atom. The third-order valence-electron chi connectivity index (χ3n) is 4.53. The molecule has 0 saturated carbocycles. The highest BCUT2D eigenvalue weighted by Crippen LogP contribution is 2.28. The van der Waals surface area contributed by atoms with Gasteiger partial charge in [0.15, 0.2) is 0 Å². The van der Waals surface area contributed by atoms with Crippen molar-refractivity contribution in [2.24, 2.45) is 0 Å². The Morgan fingerprint density at radius 3 is 2.76 bits per heavy atom. The van der Waals surface area contributed by atoms with E-state index in [9.17, 15) is 4.39 Å². The first-order valence-corrected chi connectivity index (χ1v) is 8.38. The fourth-order valence-electron chi connectivity index (χ4n) is 3.10. The third-order valence-corrected chi connectivity index (χ3v) is 4.84. The SMILES string of the molecule is Cc1ccc(F)cc1CN(c1ccc(C#N)c(Cl)c1)[C@H]1CCNC1.Cl. The Hall–Kier alpha value is -1.80. The smallest absolute Gasteiger partial charge is 0.123 e. The maximum atomic E-state index is 13.7. The molecule has 3 nitrogen and oxygen atoms in total. The molecule has 0 amide bonds. The van der Waals surface area contributed by atoms with Gasteiger partial charge in [-0.3, -0.25) is 0 Å². The zero-order valence-electron chi connectivity index (χ0n) is 13.9. The van der Waals surface area contributed by atoms with Crippen molar-refractivity contribution in [3.63, 3.8) is 0 Å². The topological polar surface area (TPSA) is 39.1 Å². The van der Waals surface area contributed by atoms with Gasteiger partial charge >= 0.3 is 0 Å². The summed E-state index contributed by atoms with van der Waals surface area (Å²) in [5.41, 5.74) is 3.44. The Morgan fingerprint density at radius 1 is 1.32 bits per heavy atom. The van der Waals surface area contributed by atoms with E-state index in [-0.39, 0.29) is 18.2 Å². The number of benzene rings is 2. The highest BCUT2D eigenvalue weighted by molar-refractivity contribution is 6.32. The van der Waals surface area contributed by atoms with Gasteiger partial charge in [-0.25, -0.2) is 4.39 Å². The van der Waals surface area contributed by atoms with Crippen molar-refractivity contribution in [1.82, 2.24) is 5.32 Å². The number of anilines is 1. The molecule has 132 valence electrons. The molecule has 0 unspecified atom stereocenters. The maximum absolute atomic E-state index is 13.7. The van der Waals surface area contributed by atoms with Crippen LogP contribution in [0, 0.1) is 24.1 Å². The Labute approximate surface area is 158 Å². The molecule has 1 atom stereocenters. The molecule has 2 aromatic rings. The van der Waals surface area contributed by atoms with Crippen LogP contribution in [0.15, 0.2) is 36.4 Å². The minimum absolute atomic E-state index is 0. The second kappa shape index (κ2) is 8.53. The molecule has 1 saturated heterocycles. The lowest BCUT2D eigenvalue weighted by atomic mass is 10.1. The highest BCUT2D eigenvalue weighted by atomic mass is 35.5. The molecule has 2 aromatic carbocycles. The third kappa shape index (κ3) is 4.43. The van der Waals surface area contributed by atoms with E-state index >= 15 is 0 Å². The number of nitrogens with zero attached hydrogens (tertiary/aromatic N) is 2. The summed E-state index contributed by atoms with van der Waals surface area (Å²) >= 11 is 6.21. The van der Waals surface area contributed by atoms with Gasteiger partial charge in [0, 0.05) is 24.8 Å². The van der Waals surface area contributed by atoms with Gasteiger partial charge in [0.2, 0.25) is 0 Å². The van der Waals surface area contributed by atoms with Crippen molar-refractivity contribution < 1.29 is 4.39 Å². The number of halogens is 3. The van der Waals surface area contributed by atoms with Crippen molar-refractivity contribution in [3.05, 3.63) is 63.9 Å². The van der Waals surface area contributed by atoms with Crippen LogP contribution in [0.3, 0.4) is 0 Å². The van der Waals surface area contributed by atoms with E-state index in [1.807, 2.05) is 25.1 Å². The predicted octanol–water partition coefficient (Wildman–Crippen LogP) is 4.45. The second-order valence-electron chi connectivity index (χ2n) is 6.12. The van der Waals surface area contributed by atoms with Crippen molar-refractivity contribution >= 4 is 29.7 Å². The van der Waals surface area contributed by atoms with Crippen LogP contribution in [0.4, 0.5) is 10.1 Å². The number of rotatable bonds is 4. The molecule has 1 heterocycles. The van der Waals surface area contributed by atoms with Crippen molar-refractivity contribution in [3.8, 4) is 6.07 Å². The molecule has 0 aromatic heterocycles. The number of hydrogen-bond donors (Lipinski definition) is 1. The van der Waals surface area contributed by atoms with E-state index in [1.165, 1.54) is 6.07 Å². The zero-order valence-corrected chi connectivity index (χ0v) is 15.5. The van der Waals surface area contributed by atoms with Crippen LogP contribution >= 0.6 is 24.0 Å². The number of aryl methyl sites for hydroxylation is 1. The normalized spacial score (nSPS) is 16.2. The molecule has 1 N–H and O–H groups in total. The minimum atomic E-state index is -0.224. The summed E-state index contributed by atoms with van der Waals surface area (Å²) in [4.78, 5) is 2.24. The fourth-order valence-corrected chi connectivity index (χ4v) is 3.32. The average molecular weight is 380 g/mol. The predicted molar refractivity (Wildman–Crippen MR) is 102 cm³/mol. The van der Waals surface area contributed by atoms with E-state index in [4.69, 9.17) is 16.9 Å². The first-order valence-electron chi connectivity index (χ1n) is 8.00. The minimum Gasteiger partial charge on any atom is -0.363 e. The standard InChI is InChI=1S/C19H19ClFN3.ClH/c1-13-2-4-16(21)8-15(13)12-24(18-6-7-23-11-18)17-5-3-14(10-22)19(20)9-17;/h2-5,8-9,18,23H,6-7,11-12H2,1H3;1H/t18-;/m0./s1. The first kappa shape index (κ1) is 19.5. The summed E-state index contributed by atoms with van der Waals surface area (Å²) in [7, 11) is 0. The molecule has 0 bridgehead atoms. The van der Waals surface area contributed by atoms with Crippen LogP contribution < -0.4 is 10.2 Å². The van der Waals surface area contributed by atoms with Crippen LogP contribution in [-0.4, -0.2) is 19.1 Å². The molecule has 25 heavy (non-hydrogen) atoms. The van der Waals surface area contributed by atoms with Crippen molar-refractivity contribution in [2.75, 3.05) is 18.0 Å². The maximum Gasteiger partial charge on any atom is 0.123 e. The molecule has 1 fully saturated rings. The van der Waals surface area contributed by atoms with Crippen molar-refractivity contribution in [1.29, 1.82) is 5.26 Å². The van der Waals surface area contributed by atoms with Crippen LogP contribution in [0.5, 0.6) is 0 Å². The molecule has 0 radical (unpaired) electrons. The van der Waals surface area contributed by atoms with Gasteiger partial charge in [0.1, 0.15) is 11.9 Å². The van der Waals surface area contributed by atoms with E-state index in [1.54, 1.807) is 12.1 Å². The summed E-state index contributed by atoms with van der Waals surface area (Å²) in [6.07, 6.45) is 1.02. The Bertz CT molecular complexity index is 783. The summed E-state index contributed by atoms with van der Waals surface area (Å²) in [6.45, 7) is 4.45. The number of nitriles is 1. The molecule has 1 aliphatic rings. The molecule has 1 aliphatic heterocycles. The van der Waals surface area contributed by atoms with Gasteiger partial charge in [-0.05, 0) is 61.3 Å². The average Bonchev–Trinajstić information content (AvgIpc) is 3.09. The summed E-state index contributed by atoms with van der Waals surface area (Å²) < 4.78 is 13.7. The highest BCUT2D eigenvalue weighted by Gasteiger charge is 2.24. The summed E-state index contributed by atoms with van der Waals surface area (Å²) in [5, 5.41) is 12.9. The molecule has 6 heteroatoms. The largest absolute Gasteiger partial charge is 0.363 e. The van der Waals surface area contributed by atoms with Gasteiger partial charge < -0.3 is 10.2 Å². The van der Waals surface area contributed by atoms with E-state index in [0.29, 0.717) is 23.2 Å². The van der Waals surface area contributed by atoms with Crippen LogP contribution in [0.25, 0.3) is 0 Å². The first-order chi connectivity index (χ1) is 11.6. The van der Waals surface area contributed by atoms with Gasteiger partial charge in [0.25, 0.3) is 0 Å². The molecule has 0 spiro atoms. The van der Waals surface area contributed by atoms with Gasteiger partial charge in [-0.2, -0.15) is 5.26 Å². The lowest BCUT2D eigenvalue weighted by Crippen LogP contribution is -2.36. The second-order valence-corrected chi connectivity index (χ2v) is 6.53. The van der Waals surface area contributed by atoms with Crippen LogP contribution in [-0.2, 0) is 6.54 Å². The summed E-state index contributed by atoms with van der Waals surface area (Å²) in [6, 6.07) is 12.8. The Kier molecular flexibility index (Phi) is 6.66. The molecular weight excluding hydrogens is 360 g/mol. The van der Waals surface area contributed by atoms with Gasteiger partial charge in [-0.15, -0.1) is 12.4 Å². The van der Waals surface area contributed by atoms with E-state index < -0.39 is 0 Å². The monoisotopic (exact) mass is 379 g/mol.